The maximum absolute atomic E-state index is 6.31. The zero-order valence-corrected chi connectivity index (χ0v) is 18.0. The van der Waals surface area contributed by atoms with Gasteiger partial charge in [0.1, 0.15) is 23.8 Å². The van der Waals surface area contributed by atoms with E-state index >= 15 is 0 Å². The Labute approximate surface area is 179 Å². The highest BCUT2D eigenvalue weighted by Gasteiger charge is 2.29. The third kappa shape index (κ3) is 4.65. The normalized spacial score (nSPS) is 17.1. The third-order valence-corrected chi connectivity index (χ3v) is 5.20. The van der Waals surface area contributed by atoms with Crippen LogP contribution in [0.1, 0.15) is 31.4 Å². The number of nitrogens with two attached hydrogens (primary N) is 2. The van der Waals surface area contributed by atoms with Gasteiger partial charge in [-0.05, 0) is 37.6 Å². The first kappa shape index (κ1) is 21.0. The van der Waals surface area contributed by atoms with E-state index in [1.807, 2.05) is 50.3 Å². The quantitative estimate of drug-likeness (QED) is 0.371. The molecule has 0 spiro atoms. The fraction of sp³-hybridized carbons (Fsp3) is 0.250. The molecular weight excluding hydrogens is 408 g/mol. The molecule has 3 rings (SSSR count). The maximum Gasteiger partial charge on any atom is 0.160 e. The van der Waals surface area contributed by atoms with Crippen LogP contribution in [0.5, 0.6) is 5.75 Å². The second-order valence-corrected chi connectivity index (χ2v) is 7.93. The lowest BCUT2D eigenvalue weighted by Crippen LogP contribution is -2.44. The number of fused-ring (bicyclic) bond motifs is 1. The first-order valence-electron chi connectivity index (χ1n) is 8.93. The Morgan fingerprint density at radius 1 is 1.41 bits per heavy atom. The molecule has 9 heteroatoms. The minimum Gasteiger partial charge on any atom is -0.479 e. The first-order valence-corrected chi connectivity index (χ1v) is 10.1. The van der Waals surface area contributed by atoms with Crippen molar-refractivity contribution in [2.45, 2.75) is 25.9 Å². The van der Waals surface area contributed by atoms with Crippen molar-refractivity contribution in [2.24, 2.45) is 25.8 Å². The lowest BCUT2D eigenvalue weighted by atomic mass is 9.97. The van der Waals surface area contributed by atoms with Crippen LogP contribution in [-0.4, -0.2) is 30.7 Å². The smallest absolute Gasteiger partial charge is 0.160 e. The van der Waals surface area contributed by atoms with Crippen molar-refractivity contribution in [3.05, 3.63) is 52.6 Å². The standard InChI is InChI=1S/C20H23ClN6OS/c1-20(2,19(23)25-11-24-3)28-15-9-8-14(12-6-4-5-7-13(21)10-12)17-16(15)18(22)27-29-26-17/h4-6,8-11,26H,7H2,1-3H3,(H2,22,27)(H2,23,24,25). The van der Waals surface area contributed by atoms with Crippen LogP contribution in [0.25, 0.3) is 5.57 Å². The Balaban J connectivity index is 2.08. The topological polar surface area (TPSA) is 110 Å². The van der Waals surface area contributed by atoms with Crippen molar-refractivity contribution in [3.63, 3.8) is 0 Å². The minimum atomic E-state index is -0.880. The summed E-state index contributed by atoms with van der Waals surface area (Å²) in [5.74, 6) is 1.21. The largest absolute Gasteiger partial charge is 0.479 e. The van der Waals surface area contributed by atoms with Gasteiger partial charge in [0.25, 0.3) is 0 Å². The number of hydrogen-bond donors (Lipinski definition) is 3. The van der Waals surface area contributed by atoms with Gasteiger partial charge in [0.05, 0.1) is 23.4 Å². The molecule has 0 radical (unpaired) electrons. The predicted octanol–water partition coefficient (Wildman–Crippen LogP) is 4.02. The van der Waals surface area contributed by atoms with Crippen LogP contribution in [0.2, 0.25) is 0 Å². The SMILES string of the molecule is CN=CN=C(N)C(C)(C)Oc1ccc(C2=CC=CCC(Cl)=C2)c2c1C(N)=NSN2. The molecule has 5 N–H and O–H groups in total. The molecule has 29 heavy (non-hydrogen) atoms. The number of allylic oxidation sites excluding steroid dienone is 6. The number of anilines is 1. The number of amidine groups is 2. The van der Waals surface area contributed by atoms with Gasteiger partial charge in [-0.25, -0.2) is 4.99 Å². The summed E-state index contributed by atoms with van der Waals surface area (Å²) in [6.45, 7) is 3.66. The Morgan fingerprint density at radius 3 is 2.97 bits per heavy atom. The van der Waals surface area contributed by atoms with Crippen molar-refractivity contribution in [3.8, 4) is 5.75 Å². The van der Waals surface area contributed by atoms with Gasteiger partial charge in [0.2, 0.25) is 0 Å². The molecule has 0 saturated carbocycles. The molecule has 0 amide bonds. The van der Waals surface area contributed by atoms with Crippen molar-refractivity contribution in [1.29, 1.82) is 0 Å². The lowest BCUT2D eigenvalue weighted by molar-refractivity contribution is 0.181. The van der Waals surface area contributed by atoms with Gasteiger partial charge in [-0.2, -0.15) is 4.40 Å². The summed E-state index contributed by atoms with van der Waals surface area (Å²) in [6, 6.07) is 3.82. The van der Waals surface area contributed by atoms with E-state index in [0.29, 0.717) is 29.4 Å². The molecule has 0 fully saturated rings. The third-order valence-electron chi connectivity index (χ3n) is 4.36. The van der Waals surface area contributed by atoms with E-state index in [1.54, 1.807) is 7.05 Å². The molecule has 0 bridgehead atoms. The van der Waals surface area contributed by atoms with Gasteiger partial charge in [-0.15, -0.1) is 0 Å². The average Bonchev–Trinajstić information content (AvgIpc) is 2.90. The summed E-state index contributed by atoms with van der Waals surface area (Å²) >= 11 is 7.47. The van der Waals surface area contributed by atoms with Crippen LogP contribution in [-0.2, 0) is 0 Å². The highest BCUT2D eigenvalue weighted by molar-refractivity contribution is 7.99. The molecule has 0 unspecified atom stereocenters. The molecule has 0 aromatic heterocycles. The number of benzene rings is 1. The van der Waals surface area contributed by atoms with Crippen molar-refractivity contribution in [1.82, 2.24) is 0 Å². The van der Waals surface area contributed by atoms with E-state index in [0.717, 1.165) is 21.9 Å². The summed E-state index contributed by atoms with van der Waals surface area (Å²) in [5.41, 5.74) is 14.8. The highest BCUT2D eigenvalue weighted by atomic mass is 35.5. The minimum absolute atomic E-state index is 0.293. The van der Waals surface area contributed by atoms with Crippen LogP contribution in [0, 0.1) is 0 Å². The summed E-state index contributed by atoms with van der Waals surface area (Å²) in [7, 11) is 1.62. The zero-order chi connectivity index (χ0) is 21.0. The van der Waals surface area contributed by atoms with E-state index in [4.69, 9.17) is 27.8 Å². The fourth-order valence-corrected chi connectivity index (χ4v) is 3.58. The van der Waals surface area contributed by atoms with Crippen molar-refractivity contribution < 1.29 is 4.74 Å². The van der Waals surface area contributed by atoms with Gasteiger partial charge in [-0.1, -0.05) is 29.8 Å². The number of aliphatic imine (C=N–C) groups is 2. The second kappa shape index (κ2) is 8.75. The van der Waals surface area contributed by atoms with Crippen LogP contribution in [0.3, 0.4) is 0 Å². The van der Waals surface area contributed by atoms with Crippen LogP contribution in [0.15, 0.2) is 55.9 Å². The molecule has 1 aliphatic carbocycles. The van der Waals surface area contributed by atoms with Gasteiger partial charge < -0.3 is 20.9 Å². The van der Waals surface area contributed by atoms with E-state index < -0.39 is 5.60 Å². The molecule has 1 aromatic rings. The van der Waals surface area contributed by atoms with Gasteiger partial charge in [-0.3, -0.25) is 4.99 Å². The average molecular weight is 431 g/mol. The molecule has 1 aliphatic heterocycles. The van der Waals surface area contributed by atoms with Crippen molar-refractivity contribution in [2.75, 3.05) is 11.8 Å². The molecule has 0 saturated heterocycles. The molecule has 1 aromatic carbocycles. The summed E-state index contributed by atoms with van der Waals surface area (Å²) in [6.07, 6.45) is 10.0. The molecule has 152 valence electrons. The zero-order valence-electron chi connectivity index (χ0n) is 16.4. The Hall–Kier alpha value is -2.71. The van der Waals surface area contributed by atoms with Crippen LogP contribution in [0.4, 0.5) is 5.69 Å². The highest BCUT2D eigenvalue weighted by Crippen LogP contribution is 2.40. The van der Waals surface area contributed by atoms with Crippen LogP contribution >= 0.6 is 23.7 Å². The Kier molecular flexibility index (Phi) is 6.34. The van der Waals surface area contributed by atoms with E-state index in [2.05, 4.69) is 19.1 Å². The van der Waals surface area contributed by atoms with E-state index in [9.17, 15) is 0 Å². The number of halogens is 1. The number of hydrogen-bond acceptors (Lipinski definition) is 6. The molecule has 7 nitrogen and oxygen atoms in total. The number of nitrogens with zero attached hydrogens (tertiary/aromatic N) is 3. The summed E-state index contributed by atoms with van der Waals surface area (Å²) in [5, 5.41) is 0.756. The molecular formula is C20H23ClN6OS. The molecule has 1 heterocycles. The maximum atomic E-state index is 6.31. The summed E-state index contributed by atoms with van der Waals surface area (Å²) in [4.78, 5) is 7.94. The monoisotopic (exact) mass is 430 g/mol. The number of nitrogens with one attached hydrogen (secondary N) is 1. The van der Waals surface area contributed by atoms with Crippen LogP contribution < -0.4 is 20.9 Å². The fourth-order valence-electron chi connectivity index (χ4n) is 2.83. The molecule has 2 aliphatic rings. The number of rotatable bonds is 5. The van der Waals surface area contributed by atoms with E-state index in [1.165, 1.54) is 18.5 Å². The van der Waals surface area contributed by atoms with Gasteiger partial charge in [0.15, 0.2) is 5.60 Å². The first-order chi connectivity index (χ1) is 13.8. The van der Waals surface area contributed by atoms with Crippen molar-refractivity contribution >= 4 is 53.0 Å². The van der Waals surface area contributed by atoms with Gasteiger partial charge >= 0.3 is 0 Å². The Bertz CT molecular complexity index is 991. The second-order valence-electron chi connectivity index (χ2n) is 6.88. The van der Waals surface area contributed by atoms with Gasteiger partial charge in [0, 0.05) is 24.1 Å². The summed E-state index contributed by atoms with van der Waals surface area (Å²) < 4.78 is 13.7. The molecule has 0 atom stereocenters. The predicted molar refractivity (Wildman–Crippen MR) is 125 cm³/mol. The van der Waals surface area contributed by atoms with E-state index in [-0.39, 0.29) is 0 Å². The Morgan fingerprint density at radius 2 is 2.21 bits per heavy atom. The lowest BCUT2D eigenvalue weighted by Gasteiger charge is -2.29. The number of ether oxygens (including phenoxy) is 1.